The molecule has 3 N–H and O–H groups in total. The molecule has 2 aromatic rings. The predicted molar refractivity (Wildman–Crippen MR) is 94.2 cm³/mol. The van der Waals surface area contributed by atoms with Crippen molar-refractivity contribution in [2.45, 2.75) is 19.1 Å². The van der Waals surface area contributed by atoms with Crippen LogP contribution in [0, 0.1) is 5.92 Å². The maximum Gasteiger partial charge on any atom is 0.252 e. The van der Waals surface area contributed by atoms with Gasteiger partial charge in [0.2, 0.25) is 11.8 Å². The molecule has 0 radical (unpaired) electrons. The van der Waals surface area contributed by atoms with Gasteiger partial charge in [-0.15, -0.1) is 0 Å². The first-order valence-corrected chi connectivity index (χ1v) is 8.18. The summed E-state index contributed by atoms with van der Waals surface area (Å²) >= 11 is 0. The number of benzene rings is 1. The number of methoxy groups -OCH3 is 2. The van der Waals surface area contributed by atoms with Crippen LogP contribution >= 0.6 is 0 Å². The predicted octanol–water partition coefficient (Wildman–Crippen LogP) is 0.871. The third-order valence-electron chi connectivity index (χ3n) is 4.67. The molecule has 2 heterocycles. The number of primary amides is 1. The monoisotopic (exact) mass is 359 g/mol. The van der Waals surface area contributed by atoms with Crippen molar-refractivity contribution in [3.05, 3.63) is 30.0 Å². The number of carbonyl (C=O) groups is 2. The van der Waals surface area contributed by atoms with Gasteiger partial charge in [-0.3, -0.25) is 9.59 Å². The van der Waals surface area contributed by atoms with Crippen molar-refractivity contribution in [1.82, 2.24) is 10.3 Å². The van der Waals surface area contributed by atoms with Crippen molar-refractivity contribution in [3.8, 4) is 11.6 Å². The van der Waals surface area contributed by atoms with Crippen LogP contribution in [0.3, 0.4) is 0 Å². The molecule has 1 aromatic carbocycles. The Hall–Kier alpha value is -2.87. The molecular formula is C18H21N3O5. The van der Waals surface area contributed by atoms with E-state index in [1.807, 2.05) is 6.92 Å². The first-order chi connectivity index (χ1) is 12.5. The molecule has 138 valence electrons. The maximum atomic E-state index is 11.9. The van der Waals surface area contributed by atoms with E-state index in [-0.39, 0.29) is 30.0 Å². The maximum absolute atomic E-state index is 11.9. The van der Waals surface area contributed by atoms with Gasteiger partial charge < -0.3 is 25.3 Å². The van der Waals surface area contributed by atoms with Crippen molar-refractivity contribution >= 4 is 22.6 Å². The van der Waals surface area contributed by atoms with Crippen LogP contribution < -0.4 is 20.5 Å². The zero-order valence-electron chi connectivity index (χ0n) is 14.8. The van der Waals surface area contributed by atoms with Gasteiger partial charge in [-0.25, -0.2) is 4.98 Å². The highest BCUT2D eigenvalue weighted by molar-refractivity contribution is 6.01. The lowest BCUT2D eigenvalue weighted by atomic mass is 10.0. The normalized spacial score (nSPS) is 22.3. The minimum absolute atomic E-state index is 0.0292. The highest BCUT2D eigenvalue weighted by atomic mass is 16.5. The summed E-state index contributed by atoms with van der Waals surface area (Å²) in [7, 11) is 2.98. The Bertz CT molecular complexity index is 854. The SMILES string of the molecule is COc1cc2c(OCC3NC(=O)[C@H](OC)C3C)nccc2cc1C(N)=O. The Morgan fingerprint density at radius 3 is 2.73 bits per heavy atom. The molecule has 0 spiro atoms. The average Bonchev–Trinajstić information content (AvgIpc) is 2.91. The third-order valence-corrected chi connectivity index (χ3v) is 4.67. The van der Waals surface area contributed by atoms with Gasteiger partial charge in [0.25, 0.3) is 5.91 Å². The number of rotatable bonds is 6. The van der Waals surface area contributed by atoms with Crippen LogP contribution in [0.1, 0.15) is 17.3 Å². The van der Waals surface area contributed by atoms with E-state index in [9.17, 15) is 9.59 Å². The second kappa shape index (κ2) is 7.17. The summed E-state index contributed by atoms with van der Waals surface area (Å²) in [5, 5.41) is 4.31. The Balaban J connectivity index is 1.87. The number of ether oxygens (including phenoxy) is 3. The third kappa shape index (κ3) is 3.15. The van der Waals surface area contributed by atoms with Gasteiger partial charge in [0.1, 0.15) is 18.5 Å². The smallest absolute Gasteiger partial charge is 0.252 e. The van der Waals surface area contributed by atoms with E-state index in [0.29, 0.717) is 17.0 Å². The average molecular weight is 359 g/mol. The van der Waals surface area contributed by atoms with Gasteiger partial charge in [0.05, 0.1) is 18.7 Å². The number of amides is 2. The number of nitrogens with one attached hydrogen (secondary N) is 1. The summed E-state index contributed by atoms with van der Waals surface area (Å²) in [6.45, 7) is 2.18. The summed E-state index contributed by atoms with van der Waals surface area (Å²) in [5.74, 6) is -0.00849. The molecule has 8 nitrogen and oxygen atoms in total. The summed E-state index contributed by atoms with van der Waals surface area (Å²) in [6, 6.07) is 4.89. The molecule has 0 saturated carbocycles. The Labute approximate surface area is 150 Å². The van der Waals surface area contributed by atoms with Crippen LogP contribution in [-0.4, -0.2) is 49.8 Å². The Morgan fingerprint density at radius 1 is 1.35 bits per heavy atom. The zero-order chi connectivity index (χ0) is 18.8. The van der Waals surface area contributed by atoms with E-state index in [1.165, 1.54) is 14.2 Å². The molecule has 1 aliphatic heterocycles. The van der Waals surface area contributed by atoms with E-state index in [4.69, 9.17) is 19.9 Å². The second-order valence-electron chi connectivity index (χ2n) is 6.20. The summed E-state index contributed by atoms with van der Waals surface area (Å²) in [4.78, 5) is 27.7. The van der Waals surface area contributed by atoms with Gasteiger partial charge in [-0.05, 0) is 23.6 Å². The molecule has 0 aliphatic carbocycles. The molecule has 3 atom stereocenters. The van der Waals surface area contributed by atoms with Gasteiger partial charge in [-0.1, -0.05) is 6.92 Å². The van der Waals surface area contributed by atoms with Crippen LogP contribution in [0.4, 0.5) is 0 Å². The minimum atomic E-state index is -0.573. The highest BCUT2D eigenvalue weighted by Crippen LogP contribution is 2.31. The summed E-state index contributed by atoms with van der Waals surface area (Å²) < 4.78 is 16.3. The Kier molecular flexibility index (Phi) is 4.94. The topological polar surface area (TPSA) is 113 Å². The number of nitrogens with zero attached hydrogens (tertiary/aromatic N) is 1. The van der Waals surface area contributed by atoms with E-state index < -0.39 is 12.0 Å². The van der Waals surface area contributed by atoms with E-state index in [0.717, 1.165) is 5.39 Å². The van der Waals surface area contributed by atoms with E-state index in [2.05, 4.69) is 10.3 Å². The van der Waals surface area contributed by atoms with Crippen molar-refractivity contribution in [2.24, 2.45) is 11.7 Å². The summed E-state index contributed by atoms with van der Waals surface area (Å²) in [6.07, 6.45) is 1.10. The van der Waals surface area contributed by atoms with Gasteiger partial charge in [0.15, 0.2) is 0 Å². The number of nitrogens with two attached hydrogens (primary N) is 1. The lowest BCUT2D eigenvalue weighted by Gasteiger charge is -2.18. The van der Waals surface area contributed by atoms with Crippen LogP contribution in [0.15, 0.2) is 24.4 Å². The zero-order valence-corrected chi connectivity index (χ0v) is 14.8. The van der Waals surface area contributed by atoms with Crippen LogP contribution in [-0.2, 0) is 9.53 Å². The number of carbonyl (C=O) groups excluding carboxylic acids is 2. The molecule has 1 saturated heterocycles. The first-order valence-electron chi connectivity index (χ1n) is 8.18. The lowest BCUT2D eigenvalue weighted by molar-refractivity contribution is -0.128. The number of pyridine rings is 1. The largest absolute Gasteiger partial charge is 0.496 e. The number of hydrogen-bond donors (Lipinski definition) is 2. The Morgan fingerprint density at radius 2 is 2.12 bits per heavy atom. The molecular weight excluding hydrogens is 338 g/mol. The van der Waals surface area contributed by atoms with Gasteiger partial charge in [0, 0.05) is 24.6 Å². The van der Waals surface area contributed by atoms with Crippen LogP contribution in [0.5, 0.6) is 11.6 Å². The van der Waals surface area contributed by atoms with Gasteiger partial charge >= 0.3 is 0 Å². The number of hydrogen-bond acceptors (Lipinski definition) is 6. The van der Waals surface area contributed by atoms with Gasteiger partial charge in [-0.2, -0.15) is 0 Å². The standard InChI is InChI=1S/C18H21N3O5/c1-9-13(21-17(23)15(9)25-3)8-26-18-11-7-14(24-2)12(16(19)22)6-10(11)4-5-20-18/h4-7,9,13,15H,8H2,1-3H3,(H2,19,22)(H,21,23)/t9?,13?,15-/m1/s1. The van der Waals surface area contributed by atoms with Crippen molar-refractivity contribution in [2.75, 3.05) is 20.8 Å². The summed E-state index contributed by atoms with van der Waals surface area (Å²) in [5.41, 5.74) is 5.69. The fourth-order valence-electron chi connectivity index (χ4n) is 3.18. The van der Waals surface area contributed by atoms with Crippen molar-refractivity contribution in [3.63, 3.8) is 0 Å². The molecule has 2 amide bonds. The molecule has 1 aliphatic rings. The first kappa shape index (κ1) is 17.9. The molecule has 1 fully saturated rings. The highest BCUT2D eigenvalue weighted by Gasteiger charge is 2.39. The lowest BCUT2D eigenvalue weighted by Crippen LogP contribution is -2.34. The number of aromatic nitrogens is 1. The minimum Gasteiger partial charge on any atom is -0.496 e. The molecule has 8 heteroatoms. The molecule has 26 heavy (non-hydrogen) atoms. The molecule has 0 bridgehead atoms. The fraction of sp³-hybridized carbons (Fsp3) is 0.389. The quantitative estimate of drug-likeness (QED) is 0.791. The molecule has 2 unspecified atom stereocenters. The van der Waals surface area contributed by atoms with Crippen LogP contribution in [0.25, 0.3) is 10.8 Å². The van der Waals surface area contributed by atoms with Crippen LogP contribution in [0.2, 0.25) is 0 Å². The van der Waals surface area contributed by atoms with Crippen molar-refractivity contribution in [1.29, 1.82) is 0 Å². The molecule has 3 rings (SSSR count). The second-order valence-corrected chi connectivity index (χ2v) is 6.20. The fourth-order valence-corrected chi connectivity index (χ4v) is 3.18. The van der Waals surface area contributed by atoms with E-state index in [1.54, 1.807) is 24.4 Å². The van der Waals surface area contributed by atoms with E-state index >= 15 is 0 Å². The number of fused-ring (bicyclic) bond motifs is 1. The van der Waals surface area contributed by atoms with Crippen molar-refractivity contribution < 1.29 is 23.8 Å². The molecule has 1 aromatic heterocycles.